The number of pyridine rings is 1. The Morgan fingerprint density at radius 3 is 2.63 bits per heavy atom. The largest absolute Gasteiger partial charge is 0.478 e. The maximum absolute atomic E-state index is 5.51. The van der Waals surface area contributed by atoms with Crippen LogP contribution in [0.1, 0.15) is 32.8 Å². The van der Waals surface area contributed by atoms with E-state index in [2.05, 4.69) is 46.3 Å². The Labute approximate surface area is 180 Å². The number of nitrogens with zero attached hydrogens (tertiary/aromatic N) is 3. The zero-order chi connectivity index (χ0) is 18.8. The Balaban J connectivity index is 0.00000364. The van der Waals surface area contributed by atoms with Crippen LogP contribution >= 0.6 is 24.0 Å². The predicted molar refractivity (Wildman–Crippen MR) is 120 cm³/mol. The molecule has 2 rings (SSSR count). The van der Waals surface area contributed by atoms with Crippen LogP contribution in [-0.2, 0) is 11.3 Å². The van der Waals surface area contributed by atoms with Crippen molar-refractivity contribution in [2.75, 3.05) is 46.5 Å². The first-order chi connectivity index (χ1) is 12.5. The number of guanidine groups is 1. The summed E-state index contributed by atoms with van der Waals surface area (Å²) in [7, 11) is 1.79. The van der Waals surface area contributed by atoms with Gasteiger partial charge < -0.3 is 20.1 Å². The van der Waals surface area contributed by atoms with Gasteiger partial charge in [-0.05, 0) is 25.8 Å². The molecule has 1 aliphatic rings. The molecule has 0 bridgehead atoms. The van der Waals surface area contributed by atoms with Gasteiger partial charge in [0.1, 0.15) is 0 Å². The Morgan fingerprint density at radius 2 is 2.04 bits per heavy atom. The number of nitrogens with one attached hydrogen (secondary N) is 2. The van der Waals surface area contributed by atoms with Crippen molar-refractivity contribution < 1.29 is 9.47 Å². The van der Waals surface area contributed by atoms with Gasteiger partial charge in [0, 0.05) is 51.0 Å². The highest BCUT2D eigenvalue weighted by atomic mass is 127. The highest BCUT2D eigenvalue weighted by Crippen LogP contribution is 2.15. The molecular weight excluding hydrogens is 457 g/mol. The van der Waals surface area contributed by atoms with Crippen molar-refractivity contribution >= 4 is 29.9 Å². The number of ether oxygens (including phenoxy) is 2. The molecule has 1 saturated heterocycles. The Bertz CT molecular complexity index is 560. The van der Waals surface area contributed by atoms with Crippen molar-refractivity contribution in [3.05, 3.63) is 23.9 Å². The summed E-state index contributed by atoms with van der Waals surface area (Å²) in [6.07, 6.45) is 2.82. The van der Waals surface area contributed by atoms with E-state index in [1.165, 1.54) is 0 Å². The Morgan fingerprint density at radius 1 is 1.30 bits per heavy atom. The molecule has 0 aromatic carbocycles. The van der Waals surface area contributed by atoms with Gasteiger partial charge in [-0.1, -0.05) is 13.0 Å². The smallest absolute Gasteiger partial charge is 0.213 e. The van der Waals surface area contributed by atoms with Gasteiger partial charge in [-0.2, -0.15) is 0 Å². The number of halogens is 1. The monoisotopic (exact) mass is 491 g/mol. The van der Waals surface area contributed by atoms with Crippen LogP contribution in [0, 0.1) is 0 Å². The second-order valence-corrected chi connectivity index (χ2v) is 7.04. The van der Waals surface area contributed by atoms with E-state index in [1.54, 1.807) is 7.05 Å². The highest BCUT2D eigenvalue weighted by molar-refractivity contribution is 14.0. The molecule has 2 N–H and O–H groups in total. The van der Waals surface area contributed by atoms with Gasteiger partial charge in [-0.25, -0.2) is 4.98 Å². The first-order valence-electron chi connectivity index (χ1n) is 9.40. The fraction of sp³-hybridized carbons (Fsp3) is 0.684. The third-order valence-electron chi connectivity index (χ3n) is 4.49. The summed E-state index contributed by atoms with van der Waals surface area (Å²) in [6, 6.07) is 3.93. The van der Waals surface area contributed by atoms with E-state index in [0.29, 0.717) is 19.0 Å². The first-order valence-corrected chi connectivity index (χ1v) is 9.40. The van der Waals surface area contributed by atoms with E-state index in [9.17, 15) is 0 Å². The number of rotatable bonds is 8. The molecule has 1 aromatic heterocycles. The lowest BCUT2D eigenvalue weighted by Gasteiger charge is -2.41. The number of morpholine rings is 1. The van der Waals surface area contributed by atoms with Gasteiger partial charge in [-0.15, -0.1) is 24.0 Å². The van der Waals surface area contributed by atoms with Crippen LogP contribution in [0.5, 0.6) is 5.88 Å². The summed E-state index contributed by atoms with van der Waals surface area (Å²) in [5.74, 6) is 1.46. The van der Waals surface area contributed by atoms with Crippen LogP contribution in [0.15, 0.2) is 23.3 Å². The lowest BCUT2D eigenvalue weighted by Crippen LogP contribution is -2.56. The molecule has 7 nitrogen and oxygen atoms in total. The molecule has 154 valence electrons. The van der Waals surface area contributed by atoms with Crippen LogP contribution < -0.4 is 15.4 Å². The summed E-state index contributed by atoms with van der Waals surface area (Å²) in [5, 5.41) is 6.77. The fourth-order valence-corrected chi connectivity index (χ4v) is 2.79. The van der Waals surface area contributed by atoms with E-state index in [1.807, 2.05) is 18.3 Å². The van der Waals surface area contributed by atoms with Gasteiger partial charge >= 0.3 is 0 Å². The van der Waals surface area contributed by atoms with Crippen molar-refractivity contribution in [1.29, 1.82) is 0 Å². The third kappa shape index (κ3) is 8.18. The minimum Gasteiger partial charge on any atom is -0.478 e. The standard InChI is InChI=1S/C19H33N5O2.HI/c1-5-10-26-17-7-6-16(13-21-17)14-22-18(20-4)23-15-19(2,3)24-8-11-25-12-9-24;/h6-7,13H,5,8-12,14-15H2,1-4H3,(H2,20,22,23);1H. The maximum atomic E-state index is 5.51. The van der Waals surface area contributed by atoms with Crippen molar-refractivity contribution in [1.82, 2.24) is 20.5 Å². The molecular formula is C19H34IN5O2. The molecule has 0 atom stereocenters. The molecule has 0 radical (unpaired) electrons. The molecule has 0 saturated carbocycles. The zero-order valence-electron chi connectivity index (χ0n) is 17.0. The fourth-order valence-electron chi connectivity index (χ4n) is 2.79. The first kappa shape index (κ1) is 23.9. The maximum Gasteiger partial charge on any atom is 0.213 e. The van der Waals surface area contributed by atoms with E-state index in [0.717, 1.165) is 50.8 Å². The molecule has 0 aliphatic carbocycles. The molecule has 0 spiro atoms. The quantitative estimate of drug-likeness (QED) is 0.331. The average Bonchev–Trinajstić information content (AvgIpc) is 2.68. The van der Waals surface area contributed by atoms with E-state index < -0.39 is 0 Å². The lowest BCUT2D eigenvalue weighted by molar-refractivity contribution is -0.00834. The third-order valence-corrected chi connectivity index (χ3v) is 4.49. The van der Waals surface area contributed by atoms with Crippen LogP contribution in [0.2, 0.25) is 0 Å². The van der Waals surface area contributed by atoms with E-state index in [4.69, 9.17) is 9.47 Å². The normalized spacial score (nSPS) is 15.8. The van der Waals surface area contributed by atoms with Gasteiger partial charge in [0.2, 0.25) is 5.88 Å². The Hall–Kier alpha value is -1.13. The lowest BCUT2D eigenvalue weighted by atomic mass is 10.0. The zero-order valence-corrected chi connectivity index (χ0v) is 19.3. The summed E-state index contributed by atoms with van der Waals surface area (Å²) >= 11 is 0. The molecule has 0 unspecified atom stereocenters. The van der Waals surface area contributed by atoms with E-state index >= 15 is 0 Å². The molecule has 8 heteroatoms. The summed E-state index contributed by atoms with van der Waals surface area (Å²) in [5.41, 5.74) is 1.13. The van der Waals surface area contributed by atoms with Crippen molar-refractivity contribution in [2.45, 2.75) is 39.3 Å². The number of hydrogen-bond donors (Lipinski definition) is 2. The molecule has 27 heavy (non-hydrogen) atoms. The van der Waals surface area contributed by atoms with Crippen molar-refractivity contribution in [3.8, 4) is 5.88 Å². The summed E-state index contributed by atoms with van der Waals surface area (Å²) in [6.45, 7) is 12.3. The van der Waals surface area contributed by atoms with Gasteiger partial charge in [0.25, 0.3) is 0 Å². The number of aliphatic imine (C=N–C) groups is 1. The minimum atomic E-state index is 0. The van der Waals surface area contributed by atoms with Gasteiger partial charge in [0.05, 0.1) is 19.8 Å². The predicted octanol–water partition coefficient (Wildman–Crippen LogP) is 2.26. The van der Waals surface area contributed by atoms with Crippen molar-refractivity contribution in [3.63, 3.8) is 0 Å². The number of hydrogen-bond acceptors (Lipinski definition) is 5. The molecule has 1 aliphatic heterocycles. The van der Waals surface area contributed by atoms with E-state index in [-0.39, 0.29) is 29.5 Å². The molecule has 2 heterocycles. The second kappa shape index (κ2) is 12.4. The molecule has 1 aromatic rings. The van der Waals surface area contributed by atoms with Crippen LogP contribution in [0.4, 0.5) is 0 Å². The average molecular weight is 491 g/mol. The highest BCUT2D eigenvalue weighted by Gasteiger charge is 2.28. The summed E-state index contributed by atoms with van der Waals surface area (Å²) in [4.78, 5) is 11.1. The Kier molecular flexibility index (Phi) is 10.9. The molecule has 1 fully saturated rings. The van der Waals surface area contributed by atoms with Crippen LogP contribution in [0.25, 0.3) is 0 Å². The SMILES string of the molecule is CCCOc1ccc(CNC(=NC)NCC(C)(C)N2CCOCC2)cn1.I. The van der Waals surface area contributed by atoms with Gasteiger partial charge in [0.15, 0.2) is 5.96 Å². The topological polar surface area (TPSA) is 71.0 Å². The summed E-state index contributed by atoms with van der Waals surface area (Å²) < 4.78 is 11.0. The molecule has 0 amide bonds. The minimum absolute atomic E-state index is 0. The van der Waals surface area contributed by atoms with Crippen LogP contribution in [-0.4, -0.2) is 67.9 Å². The number of aromatic nitrogens is 1. The van der Waals surface area contributed by atoms with Crippen LogP contribution in [0.3, 0.4) is 0 Å². The van der Waals surface area contributed by atoms with Gasteiger partial charge in [-0.3, -0.25) is 9.89 Å². The second-order valence-electron chi connectivity index (χ2n) is 7.04. The van der Waals surface area contributed by atoms with Crippen molar-refractivity contribution in [2.24, 2.45) is 4.99 Å².